The Kier molecular flexibility index (Phi) is 5.05. The summed E-state index contributed by atoms with van der Waals surface area (Å²) in [4.78, 5) is 22.6. The quantitative estimate of drug-likeness (QED) is 0.429. The van der Waals surface area contributed by atoms with E-state index in [1.165, 1.54) is 10.9 Å². The Bertz CT molecular complexity index is 1310. The molecule has 4 nitrogen and oxygen atoms in total. The third-order valence-corrected chi connectivity index (χ3v) is 6.78. The highest BCUT2D eigenvalue weighted by Gasteiger charge is 2.21. The van der Waals surface area contributed by atoms with Crippen molar-refractivity contribution in [2.24, 2.45) is 0 Å². The summed E-state index contributed by atoms with van der Waals surface area (Å²) < 4.78 is 19.8. The highest BCUT2D eigenvalue weighted by molar-refractivity contribution is 7.18. The number of halogens is 2. The monoisotopic (exact) mass is 440 g/mol. The Hall–Kier alpha value is -2.70. The molecular weight excluding hydrogens is 423 g/mol. The lowest BCUT2D eigenvalue weighted by molar-refractivity contribution is 0.301. The van der Waals surface area contributed by atoms with Crippen molar-refractivity contribution in [3.63, 3.8) is 0 Å². The maximum absolute atomic E-state index is 14.0. The van der Waals surface area contributed by atoms with Crippen LogP contribution in [0.5, 0.6) is 5.75 Å². The molecule has 0 atom stereocenters. The van der Waals surface area contributed by atoms with Gasteiger partial charge in [0.05, 0.1) is 10.9 Å². The van der Waals surface area contributed by atoms with Gasteiger partial charge in [-0.3, -0.25) is 4.79 Å². The van der Waals surface area contributed by atoms with E-state index in [2.05, 4.69) is 4.98 Å². The molecule has 2 aromatic carbocycles. The van der Waals surface area contributed by atoms with Crippen molar-refractivity contribution in [1.82, 2.24) is 9.97 Å². The van der Waals surface area contributed by atoms with Crippen LogP contribution in [0, 0.1) is 5.82 Å². The molecule has 0 bridgehead atoms. The maximum atomic E-state index is 14.0. The van der Waals surface area contributed by atoms with Crippen molar-refractivity contribution in [3.05, 3.63) is 79.7 Å². The summed E-state index contributed by atoms with van der Waals surface area (Å²) in [6, 6.07) is 11.6. The van der Waals surface area contributed by atoms with Crippen LogP contribution in [0.3, 0.4) is 0 Å². The standard InChI is InChI=1S/C23H18ClFN2O2S/c24-14-9-10-18(29-12-13-5-1-3-7-17(13)25)16(11-14)21-26-22(28)20-15-6-2-4-8-19(15)30-23(20)27-21/h1,3,5,7,9-11H,2,4,6,8,12H2,(H,26,27,28). The van der Waals surface area contributed by atoms with Crippen molar-refractivity contribution in [2.45, 2.75) is 32.3 Å². The fraction of sp³-hybridized carbons (Fsp3) is 0.217. The molecular formula is C23H18ClFN2O2S. The van der Waals surface area contributed by atoms with Gasteiger partial charge in [0.25, 0.3) is 5.56 Å². The lowest BCUT2D eigenvalue weighted by Gasteiger charge is -2.12. The number of benzene rings is 2. The van der Waals surface area contributed by atoms with E-state index in [1.807, 2.05) is 0 Å². The van der Waals surface area contributed by atoms with Crippen LogP contribution < -0.4 is 10.3 Å². The molecule has 1 aliphatic carbocycles. The van der Waals surface area contributed by atoms with Gasteiger partial charge in [0, 0.05) is 15.5 Å². The van der Waals surface area contributed by atoms with Gasteiger partial charge in [-0.2, -0.15) is 0 Å². The van der Waals surface area contributed by atoms with Gasteiger partial charge in [-0.1, -0.05) is 29.8 Å². The van der Waals surface area contributed by atoms with Crippen molar-refractivity contribution in [2.75, 3.05) is 0 Å². The van der Waals surface area contributed by atoms with E-state index < -0.39 is 0 Å². The first-order chi connectivity index (χ1) is 14.6. The van der Waals surface area contributed by atoms with Crippen molar-refractivity contribution in [1.29, 1.82) is 0 Å². The highest BCUT2D eigenvalue weighted by Crippen LogP contribution is 2.36. The SMILES string of the molecule is O=c1[nH]c(-c2cc(Cl)ccc2OCc2ccccc2F)nc2sc3c(c12)CCCC3. The lowest BCUT2D eigenvalue weighted by Crippen LogP contribution is -2.11. The van der Waals surface area contributed by atoms with Crippen molar-refractivity contribution < 1.29 is 9.13 Å². The summed E-state index contributed by atoms with van der Waals surface area (Å²) in [6.07, 6.45) is 4.17. The number of aromatic amines is 1. The van der Waals surface area contributed by atoms with Crippen LogP contribution in [0.4, 0.5) is 4.39 Å². The fourth-order valence-electron chi connectivity index (χ4n) is 3.88. The molecule has 2 aromatic heterocycles. The second-order valence-corrected chi connectivity index (χ2v) is 8.85. The summed E-state index contributed by atoms with van der Waals surface area (Å²) in [5, 5.41) is 1.20. The summed E-state index contributed by atoms with van der Waals surface area (Å²) in [6.45, 7) is 0.0566. The van der Waals surface area contributed by atoms with Gasteiger partial charge in [-0.15, -0.1) is 11.3 Å². The van der Waals surface area contributed by atoms with Crippen LogP contribution in [0.25, 0.3) is 21.6 Å². The number of hydrogen-bond acceptors (Lipinski definition) is 4. The minimum Gasteiger partial charge on any atom is -0.488 e. The number of aryl methyl sites for hydroxylation is 2. The molecule has 0 fully saturated rings. The summed E-state index contributed by atoms with van der Waals surface area (Å²) in [5.74, 6) is 0.550. The summed E-state index contributed by atoms with van der Waals surface area (Å²) in [7, 11) is 0. The van der Waals surface area contributed by atoms with E-state index >= 15 is 0 Å². The first-order valence-corrected chi connectivity index (χ1v) is 11.0. The van der Waals surface area contributed by atoms with Crippen LogP contribution in [0.1, 0.15) is 28.8 Å². The van der Waals surface area contributed by atoms with Crippen LogP contribution >= 0.6 is 22.9 Å². The largest absolute Gasteiger partial charge is 0.488 e. The molecule has 4 aromatic rings. The second-order valence-electron chi connectivity index (χ2n) is 7.33. The smallest absolute Gasteiger partial charge is 0.260 e. The Labute approximate surface area is 181 Å². The summed E-state index contributed by atoms with van der Waals surface area (Å²) >= 11 is 7.81. The van der Waals surface area contributed by atoms with E-state index in [0.717, 1.165) is 36.1 Å². The third kappa shape index (κ3) is 3.50. The predicted molar refractivity (Wildman–Crippen MR) is 118 cm³/mol. The van der Waals surface area contributed by atoms with Crippen LogP contribution in [0.15, 0.2) is 47.3 Å². The number of hydrogen-bond donors (Lipinski definition) is 1. The first-order valence-electron chi connectivity index (χ1n) is 9.81. The maximum Gasteiger partial charge on any atom is 0.260 e. The van der Waals surface area contributed by atoms with Crippen molar-refractivity contribution in [3.8, 4) is 17.1 Å². The highest BCUT2D eigenvalue weighted by atomic mass is 35.5. The molecule has 0 aliphatic heterocycles. The van der Waals surface area contributed by atoms with E-state index in [4.69, 9.17) is 21.3 Å². The number of fused-ring (bicyclic) bond motifs is 3. The predicted octanol–water partition coefficient (Wildman–Crippen LogP) is 5.90. The lowest BCUT2D eigenvalue weighted by atomic mass is 9.97. The van der Waals surface area contributed by atoms with Gasteiger partial charge in [-0.25, -0.2) is 9.37 Å². The van der Waals surface area contributed by atoms with Gasteiger partial charge < -0.3 is 9.72 Å². The van der Waals surface area contributed by atoms with E-state index in [1.54, 1.807) is 47.7 Å². The van der Waals surface area contributed by atoms with Crippen LogP contribution in [-0.4, -0.2) is 9.97 Å². The molecule has 0 spiro atoms. The van der Waals surface area contributed by atoms with E-state index in [0.29, 0.717) is 33.1 Å². The third-order valence-electron chi connectivity index (χ3n) is 5.36. The molecule has 0 saturated heterocycles. The fourth-order valence-corrected chi connectivity index (χ4v) is 5.31. The number of nitrogens with zero attached hydrogens (tertiary/aromatic N) is 1. The Balaban J connectivity index is 1.56. The Morgan fingerprint density at radius 1 is 1.17 bits per heavy atom. The Morgan fingerprint density at radius 3 is 2.87 bits per heavy atom. The average molecular weight is 441 g/mol. The molecule has 1 aliphatic rings. The molecule has 5 rings (SSSR count). The summed E-state index contributed by atoms with van der Waals surface area (Å²) in [5.41, 5.74) is 2.02. The number of rotatable bonds is 4. The number of ether oxygens (including phenoxy) is 1. The minimum atomic E-state index is -0.329. The molecule has 2 heterocycles. The number of aromatic nitrogens is 2. The van der Waals surface area contributed by atoms with Crippen LogP contribution in [-0.2, 0) is 19.4 Å². The molecule has 30 heavy (non-hydrogen) atoms. The topological polar surface area (TPSA) is 55.0 Å². The molecule has 1 N–H and O–H groups in total. The van der Waals surface area contributed by atoms with E-state index in [-0.39, 0.29) is 18.0 Å². The Morgan fingerprint density at radius 2 is 2.00 bits per heavy atom. The zero-order chi connectivity index (χ0) is 20.7. The second kappa shape index (κ2) is 7.85. The zero-order valence-corrected chi connectivity index (χ0v) is 17.6. The van der Waals surface area contributed by atoms with Gasteiger partial charge in [0.2, 0.25) is 0 Å². The molecule has 0 saturated carbocycles. The normalized spacial score (nSPS) is 13.4. The molecule has 7 heteroatoms. The number of thiophene rings is 1. The molecule has 0 radical (unpaired) electrons. The first kappa shape index (κ1) is 19.3. The van der Waals surface area contributed by atoms with Gasteiger partial charge in [-0.05, 0) is 55.5 Å². The zero-order valence-electron chi connectivity index (χ0n) is 16.0. The molecule has 0 unspecified atom stereocenters. The average Bonchev–Trinajstić information content (AvgIpc) is 3.13. The number of H-pyrrole nitrogens is 1. The minimum absolute atomic E-state index is 0.0566. The van der Waals surface area contributed by atoms with Gasteiger partial charge in [0.15, 0.2) is 0 Å². The molecule has 152 valence electrons. The van der Waals surface area contributed by atoms with Crippen molar-refractivity contribution >= 4 is 33.2 Å². The van der Waals surface area contributed by atoms with Gasteiger partial charge in [0.1, 0.15) is 28.8 Å². The van der Waals surface area contributed by atoms with Crippen LogP contribution in [0.2, 0.25) is 5.02 Å². The molecule has 0 amide bonds. The van der Waals surface area contributed by atoms with Gasteiger partial charge >= 0.3 is 0 Å². The number of nitrogens with one attached hydrogen (secondary N) is 1. The van der Waals surface area contributed by atoms with E-state index in [9.17, 15) is 9.18 Å².